The molecule has 0 aliphatic rings. The summed E-state index contributed by atoms with van der Waals surface area (Å²) in [4.78, 5) is 23.4. The van der Waals surface area contributed by atoms with E-state index in [1.807, 2.05) is 0 Å². The van der Waals surface area contributed by atoms with Crippen LogP contribution in [0.2, 0.25) is 0 Å². The smallest absolute Gasteiger partial charge is 0.246 e. The second kappa shape index (κ2) is 6.27. The lowest BCUT2D eigenvalue weighted by atomic mass is 10.1. The first-order valence-electron chi connectivity index (χ1n) is 6.45. The third kappa shape index (κ3) is 3.73. The summed E-state index contributed by atoms with van der Waals surface area (Å²) in [5.41, 5.74) is 1.31. The second-order valence-corrected chi connectivity index (χ2v) is 4.67. The number of anilines is 1. The predicted molar refractivity (Wildman–Crippen MR) is 75.7 cm³/mol. The zero-order valence-electron chi connectivity index (χ0n) is 11.8. The number of nitrogens with one attached hydrogen (secondary N) is 1. The Morgan fingerprint density at radius 2 is 2.10 bits per heavy atom. The van der Waals surface area contributed by atoms with Gasteiger partial charge in [0.2, 0.25) is 5.91 Å². The van der Waals surface area contributed by atoms with Crippen LogP contribution in [0.15, 0.2) is 30.5 Å². The number of ketones is 1. The molecule has 2 rings (SSSR count). The van der Waals surface area contributed by atoms with Crippen LogP contribution in [0, 0.1) is 0 Å². The van der Waals surface area contributed by atoms with Crippen LogP contribution in [-0.2, 0) is 11.3 Å². The van der Waals surface area contributed by atoms with Crippen molar-refractivity contribution in [1.82, 2.24) is 15.0 Å². The Kier molecular flexibility index (Phi) is 4.44. The minimum absolute atomic E-state index is 0.0496. The highest BCUT2D eigenvalue weighted by molar-refractivity contribution is 6.03. The van der Waals surface area contributed by atoms with Crippen LogP contribution in [0.25, 0.3) is 0 Å². The van der Waals surface area contributed by atoms with E-state index in [0.29, 0.717) is 16.9 Å². The third-order valence-electron chi connectivity index (χ3n) is 2.87. The number of amides is 1. The van der Waals surface area contributed by atoms with Gasteiger partial charge < -0.3 is 10.4 Å². The molecule has 1 heterocycles. The van der Waals surface area contributed by atoms with Crippen LogP contribution in [0.4, 0.5) is 5.69 Å². The number of aromatic nitrogens is 3. The molecule has 1 amide bonds. The summed E-state index contributed by atoms with van der Waals surface area (Å²) in [5.74, 6) is -0.450. The van der Waals surface area contributed by atoms with E-state index in [-0.39, 0.29) is 18.2 Å². The van der Waals surface area contributed by atoms with Gasteiger partial charge >= 0.3 is 0 Å². The number of aliphatic hydroxyl groups is 1. The van der Waals surface area contributed by atoms with Crippen molar-refractivity contribution in [3.63, 3.8) is 0 Å². The standard InChI is InChI=1S/C14H16N4O3/c1-9(19)11-5-3-4-6-12(11)15-14(21)8-18-7-13(10(2)20)16-17-18/h3-7,10,20H,8H2,1-2H3,(H,15,21). The summed E-state index contributed by atoms with van der Waals surface area (Å²) in [7, 11) is 0. The molecule has 1 unspecified atom stereocenters. The lowest BCUT2D eigenvalue weighted by molar-refractivity contribution is -0.116. The Labute approximate surface area is 121 Å². The molecule has 21 heavy (non-hydrogen) atoms. The minimum Gasteiger partial charge on any atom is -0.387 e. The Morgan fingerprint density at radius 3 is 2.71 bits per heavy atom. The quantitative estimate of drug-likeness (QED) is 0.805. The maximum Gasteiger partial charge on any atom is 0.246 e. The molecule has 0 aliphatic heterocycles. The number of aliphatic hydroxyl groups excluding tert-OH is 1. The summed E-state index contributed by atoms with van der Waals surface area (Å²) in [5, 5.41) is 19.5. The molecule has 0 saturated heterocycles. The van der Waals surface area contributed by atoms with Gasteiger partial charge in [-0.3, -0.25) is 9.59 Å². The highest BCUT2D eigenvalue weighted by Gasteiger charge is 2.12. The topological polar surface area (TPSA) is 97.1 Å². The van der Waals surface area contributed by atoms with Crippen LogP contribution in [0.3, 0.4) is 0 Å². The molecule has 0 saturated carbocycles. The van der Waals surface area contributed by atoms with Gasteiger partial charge in [-0.15, -0.1) is 5.10 Å². The van der Waals surface area contributed by atoms with Crippen molar-refractivity contribution in [2.75, 3.05) is 5.32 Å². The van der Waals surface area contributed by atoms with Gasteiger partial charge in [0.15, 0.2) is 5.78 Å². The van der Waals surface area contributed by atoms with Crippen molar-refractivity contribution in [1.29, 1.82) is 0 Å². The molecule has 0 aliphatic carbocycles. The molecule has 2 N–H and O–H groups in total. The van der Waals surface area contributed by atoms with E-state index in [9.17, 15) is 14.7 Å². The van der Waals surface area contributed by atoms with Gasteiger partial charge in [0.25, 0.3) is 0 Å². The predicted octanol–water partition coefficient (Wildman–Crippen LogP) is 1.17. The second-order valence-electron chi connectivity index (χ2n) is 4.67. The maximum absolute atomic E-state index is 12.0. The highest BCUT2D eigenvalue weighted by atomic mass is 16.3. The fourth-order valence-corrected chi connectivity index (χ4v) is 1.82. The third-order valence-corrected chi connectivity index (χ3v) is 2.87. The first kappa shape index (κ1) is 14.9. The number of para-hydroxylation sites is 1. The van der Waals surface area contributed by atoms with Gasteiger partial charge in [-0.2, -0.15) is 0 Å². The number of carbonyl (C=O) groups excluding carboxylic acids is 2. The number of benzene rings is 1. The fourth-order valence-electron chi connectivity index (χ4n) is 1.82. The van der Waals surface area contributed by atoms with Gasteiger partial charge in [0.05, 0.1) is 18.0 Å². The van der Waals surface area contributed by atoms with E-state index in [2.05, 4.69) is 15.6 Å². The normalized spacial score (nSPS) is 12.0. The average molecular weight is 288 g/mol. The molecular formula is C14H16N4O3. The molecular weight excluding hydrogens is 272 g/mol. The number of carbonyl (C=O) groups is 2. The van der Waals surface area contributed by atoms with Crippen molar-refractivity contribution < 1.29 is 14.7 Å². The monoisotopic (exact) mass is 288 g/mol. The molecule has 2 aromatic rings. The first-order chi connectivity index (χ1) is 9.97. The van der Waals surface area contributed by atoms with E-state index in [1.165, 1.54) is 17.8 Å². The highest BCUT2D eigenvalue weighted by Crippen LogP contribution is 2.15. The van der Waals surface area contributed by atoms with Crippen LogP contribution in [-0.4, -0.2) is 31.8 Å². The molecule has 1 aromatic carbocycles. The molecule has 1 aromatic heterocycles. The Hall–Kier alpha value is -2.54. The average Bonchev–Trinajstić information content (AvgIpc) is 2.87. The van der Waals surface area contributed by atoms with Crippen molar-refractivity contribution in [3.8, 4) is 0 Å². The SMILES string of the molecule is CC(=O)c1ccccc1NC(=O)Cn1cc(C(C)O)nn1. The minimum atomic E-state index is -0.736. The van der Waals surface area contributed by atoms with Gasteiger partial charge in [-0.25, -0.2) is 4.68 Å². The zero-order valence-corrected chi connectivity index (χ0v) is 11.8. The van der Waals surface area contributed by atoms with E-state index in [0.717, 1.165) is 0 Å². The lowest BCUT2D eigenvalue weighted by Crippen LogP contribution is -2.20. The van der Waals surface area contributed by atoms with Crippen molar-refractivity contribution in [3.05, 3.63) is 41.7 Å². The van der Waals surface area contributed by atoms with Crippen LogP contribution < -0.4 is 5.32 Å². The summed E-state index contributed by atoms with van der Waals surface area (Å²) < 4.78 is 1.33. The zero-order chi connectivity index (χ0) is 15.4. The van der Waals surface area contributed by atoms with E-state index < -0.39 is 6.10 Å². The summed E-state index contributed by atoms with van der Waals surface area (Å²) in [6.45, 7) is 2.96. The molecule has 0 radical (unpaired) electrons. The number of hydrogen-bond acceptors (Lipinski definition) is 5. The summed E-state index contributed by atoms with van der Waals surface area (Å²) in [6.07, 6.45) is 0.765. The summed E-state index contributed by atoms with van der Waals surface area (Å²) >= 11 is 0. The maximum atomic E-state index is 12.0. The van der Waals surface area contributed by atoms with Crippen LogP contribution in [0.1, 0.15) is 36.0 Å². The molecule has 0 spiro atoms. The van der Waals surface area contributed by atoms with Crippen LogP contribution in [0.5, 0.6) is 0 Å². The molecule has 0 fully saturated rings. The number of nitrogens with zero attached hydrogens (tertiary/aromatic N) is 3. The molecule has 7 heteroatoms. The fraction of sp³-hybridized carbons (Fsp3) is 0.286. The summed E-state index contributed by atoms with van der Waals surface area (Å²) in [6, 6.07) is 6.79. The Balaban J connectivity index is 2.06. The lowest BCUT2D eigenvalue weighted by Gasteiger charge is -2.08. The van der Waals surface area contributed by atoms with Gasteiger partial charge in [0.1, 0.15) is 12.2 Å². The van der Waals surface area contributed by atoms with E-state index in [1.54, 1.807) is 31.2 Å². The van der Waals surface area contributed by atoms with Crippen molar-refractivity contribution in [2.45, 2.75) is 26.5 Å². The molecule has 110 valence electrons. The number of rotatable bonds is 5. The molecule has 7 nitrogen and oxygen atoms in total. The largest absolute Gasteiger partial charge is 0.387 e. The van der Waals surface area contributed by atoms with E-state index >= 15 is 0 Å². The first-order valence-corrected chi connectivity index (χ1v) is 6.45. The van der Waals surface area contributed by atoms with Gasteiger partial charge in [-0.1, -0.05) is 17.3 Å². The van der Waals surface area contributed by atoms with Gasteiger partial charge in [-0.05, 0) is 26.0 Å². The Morgan fingerprint density at radius 1 is 1.38 bits per heavy atom. The van der Waals surface area contributed by atoms with Crippen molar-refractivity contribution >= 4 is 17.4 Å². The molecule has 1 atom stereocenters. The van der Waals surface area contributed by atoms with Crippen molar-refractivity contribution in [2.24, 2.45) is 0 Å². The van der Waals surface area contributed by atoms with E-state index in [4.69, 9.17) is 0 Å². The number of hydrogen-bond donors (Lipinski definition) is 2. The number of Topliss-reactive ketones (excluding diaryl/α,β-unsaturated/α-hetero) is 1. The van der Waals surface area contributed by atoms with Gasteiger partial charge in [0, 0.05) is 5.56 Å². The van der Waals surface area contributed by atoms with Crippen LogP contribution >= 0.6 is 0 Å². The Bertz CT molecular complexity index is 664. The molecule has 0 bridgehead atoms.